The van der Waals surface area contributed by atoms with Gasteiger partial charge in [0, 0.05) is 30.7 Å². The summed E-state index contributed by atoms with van der Waals surface area (Å²) in [5.41, 5.74) is 6.19. The predicted molar refractivity (Wildman–Crippen MR) is 261 cm³/mol. The quantitative estimate of drug-likeness (QED) is 0.0917. The summed E-state index contributed by atoms with van der Waals surface area (Å²) in [5, 5.41) is 25.9. The lowest BCUT2D eigenvalue weighted by Gasteiger charge is -2.42. The van der Waals surface area contributed by atoms with Crippen LogP contribution in [0.3, 0.4) is 0 Å². The number of urea groups is 1. The van der Waals surface area contributed by atoms with Crippen molar-refractivity contribution in [1.29, 1.82) is 0 Å². The molecule has 4 unspecified atom stereocenters. The number of ether oxygens (including phenoxy) is 3. The van der Waals surface area contributed by atoms with E-state index in [1.165, 1.54) is 6.42 Å². The minimum atomic E-state index is -2.25. The van der Waals surface area contributed by atoms with Crippen LogP contribution < -0.4 is 20.3 Å². The summed E-state index contributed by atoms with van der Waals surface area (Å²) in [5.74, 6) is 2.17. The number of hydrogen-bond acceptors (Lipinski definition) is 10. The maximum atomic E-state index is 14.3. The van der Waals surface area contributed by atoms with Gasteiger partial charge in [0.25, 0.3) is 0 Å². The van der Waals surface area contributed by atoms with Crippen LogP contribution in [0.1, 0.15) is 155 Å². The molecular formula is C50H74N10O5Si. The fraction of sp³-hybridized carbons (Fsp3) is 0.620. The molecule has 0 radical (unpaired) electrons. The summed E-state index contributed by atoms with van der Waals surface area (Å²) in [4.78, 5) is 16.6. The molecule has 8 rings (SSSR count). The summed E-state index contributed by atoms with van der Waals surface area (Å²) in [7, 11) is -2.25. The molecule has 6 heterocycles. The molecule has 3 aliphatic rings. The van der Waals surface area contributed by atoms with Gasteiger partial charge >= 0.3 is 6.03 Å². The van der Waals surface area contributed by atoms with Gasteiger partial charge in [-0.25, -0.2) is 9.48 Å². The number of benzene rings is 1. The Morgan fingerprint density at radius 1 is 0.894 bits per heavy atom. The van der Waals surface area contributed by atoms with Crippen molar-refractivity contribution in [2.24, 2.45) is 0 Å². The Morgan fingerprint density at radius 2 is 1.65 bits per heavy atom. The van der Waals surface area contributed by atoms with Crippen LogP contribution in [0.4, 0.5) is 16.6 Å². The minimum Gasteiger partial charge on any atom is -0.484 e. The third-order valence-corrected chi connectivity index (χ3v) is 20.2. The molecule has 4 aromatic heterocycles. The zero-order valence-corrected chi connectivity index (χ0v) is 42.0. The monoisotopic (exact) mass is 923 g/mol. The van der Waals surface area contributed by atoms with E-state index in [1.807, 2.05) is 52.1 Å². The van der Waals surface area contributed by atoms with Gasteiger partial charge < -0.3 is 28.9 Å². The van der Waals surface area contributed by atoms with Crippen LogP contribution in [-0.4, -0.2) is 80.6 Å². The number of carbonyl (C=O) groups is 1. The average Bonchev–Trinajstić information content (AvgIpc) is 4.02. The van der Waals surface area contributed by atoms with E-state index < -0.39 is 8.32 Å². The van der Waals surface area contributed by atoms with Crippen molar-refractivity contribution < 1.29 is 23.4 Å². The Labute approximate surface area is 392 Å². The van der Waals surface area contributed by atoms with E-state index in [1.54, 1.807) is 0 Å². The fourth-order valence-electron chi connectivity index (χ4n) is 10.7. The van der Waals surface area contributed by atoms with Gasteiger partial charge in [-0.15, -0.1) is 10.2 Å². The molecule has 4 atom stereocenters. The predicted octanol–water partition coefficient (Wildman–Crippen LogP) is 10.8. The number of fused-ring (bicyclic) bond motifs is 2. The number of hydrogen-bond donors (Lipinski definition) is 2. The van der Waals surface area contributed by atoms with Crippen LogP contribution in [0, 0.1) is 0 Å². The first-order chi connectivity index (χ1) is 31.6. The topological polar surface area (TPSA) is 147 Å². The van der Waals surface area contributed by atoms with Crippen LogP contribution in [0.2, 0.25) is 16.6 Å². The smallest absolute Gasteiger partial charge is 0.320 e. The fourth-order valence-corrected chi connectivity index (χ4v) is 16.1. The normalized spacial score (nSPS) is 20.7. The second-order valence-electron chi connectivity index (χ2n) is 20.7. The highest BCUT2D eigenvalue weighted by Crippen LogP contribution is 2.43. The average molecular weight is 923 g/mol. The van der Waals surface area contributed by atoms with Gasteiger partial charge in [-0.1, -0.05) is 86.6 Å². The summed E-state index contributed by atoms with van der Waals surface area (Å²) in [6.07, 6.45) is 11.7. The molecule has 2 amide bonds. The first-order valence-corrected chi connectivity index (χ1v) is 26.7. The van der Waals surface area contributed by atoms with Gasteiger partial charge in [0.1, 0.15) is 29.1 Å². The van der Waals surface area contributed by atoms with E-state index in [0.717, 1.165) is 97.2 Å². The molecule has 2 fully saturated rings. The molecule has 1 aromatic carbocycles. The van der Waals surface area contributed by atoms with Crippen molar-refractivity contribution in [3.05, 3.63) is 77.4 Å². The molecule has 2 aliphatic heterocycles. The lowest BCUT2D eigenvalue weighted by atomic mass is 9.85. The van der Waals surface area contributed by atoms with Gasteiger partial charge in [0.2, 0.25) is 14.3 Å². The SMILES string of the molecule is CC1CCCCN1c1nnc2ccc(OC3CCC(NC(=O)Nc4cc(C(C)(C)C)nn4-c4cn(CCOC5CCCCO5)nc4CO[Si](C(C)C)(C(C)C)C(C)C)c4ccccc43)cn12. The number of nitrogens with one attached hydrogen (secondary N) is 2. The molecule has 358 valence electrons. The Kier molecular flexibility index (Phi) is 14.6. The third kappa shape index (κ3) is 10.2. The minimum absolute atomic E-state index is 0.187. The van der Waals surface area contributed by atoms with E-state index >= 15 is 0 Å². The molecular weight excluding hydrogens is 849 g/mol. The molecule has 15 nitrogen and oxygen atoms in total. The molecule has 1 aliphatic carbocycles. The van der Waals surface area contributed by atoms with Gasteiger partial charge in [0.05, 0.1) is 43.9 Å². The standard InChI is InChI=1S/C50H74N10O5Si/c1-33(2)66(34(3)4,35(5)6)64-32-41-42(31-57(55-41)26-28-63-47-20-14-16-27-62-47)60-46(29-44(56-60)50(8,9)10)52-48(61)51-40-22-23-43(39-19-12-11-18-38(39)40)65-37-21-24-45-53-54-49(59(45)30-37)58-25-15-13-17-36(58)7/h11-12,18-19,21,24,29-31,33-36,40,43,47H,13-17,20,22-23,25-28,32H2,1-10H3,(H2,51,52,61). The first-order valence-electron chi connectivity index (χ1n) is 24.6. The number of nitrogens with zero attached hydrogens (tertiary/aromatic N) is 8. The highest BCUT2D eigenvalue weighted by molar-refractivity contribution is 6.77. The lowest BCUT2D eigenvalue weighted by Crippen LogP contribution is -2.47. The second kappa shape index (κ2) is 20.2. The maximum absolute atomic E-state index is 14.3. The Hall–Kier alpha value is -4.77. The van der Waals surface area contributed by atoms with Gasteiger partial charge in [-0.3, -0.25) is 14.4 Å². The Bertz CT molecular complexity index is 2390. The number of aromatic nitrogens is 7. The Morgan fingerprint density at radius 3 is 2.36 bits per heavy atom. The summed E-state index contributed by atoms with van der Waals surface area (Å²) in [6, 6.07) is 14.1. The van der Waals surface area contributed by atoms with E-state index in [2.05, 4.69) is 112 Å². The van der Waals surface area contributed by atoms with Crippen molar-refractivity contribution in [2.45, 2.75) is 180 Å². The van der Waals surface area contributed by atoms with E-state index in [4.69, 9.17) is 28.8 Å². The van der Waals surface area contributed by atoms with Crippen molar-refractivity contribution >= 4 is 31.8 Å². The number of rotatable bonds is 16. The molecule has 0 bridgehead atoms. The van der Waals surface area contributed by atoms with Crippen LogP contribution in [0.5, 0.6) is 5.75 Å². The van der Waals surface area contributed by atoms with Crippen LogP contribution in [0.15, 0.2) is 54.9 Å². The molecule has 16 heteroatoms. The van der Waals surface area contributed by atoms with E-state index in [0.29, 0.717) is 54.7 Å². The summed E-state index contributed by atoms with van der Waals surface area (Å²) < 4.78 is 31.7. The molecule has 66 heavy (non-hydrogen) atoms. The Balaban J connectivity index is 1.03. The molecule has 0 spiro atoms. The molecule has 2 N–H and O–H groups in total. The first kappa shape index (κ1) is 47.7. The largest absolute Gasteiger partial charge is 0.484 e. The number of piperidine rings is 1. The van der Waals surface area contributed by atoms with E-state index in [9.17, 15) is 4.79 Å². The highest BCUT2D eigenvalue weighted by Gasteiger charge is 2.45. The van der Waals surface area contributed by atoms with Crippen molar-refractivity contribution in [2.75, 3.05) is 30.0 Å². The van der Waals surface area contributed by atoms with Crippen LogP contribution in [0.25, 0.3) is 11.3 Å². The molecule has 2 saturated heterocycles. The zero-order valence-electron chi connectivity index (χ0n) is 41.0. The maximum Gasteiger partial charge on any atom is 0.320 e. The molecule has 0 saturated carbocycles. The number of amides is 2. The van der Waals surface area contributed by atoms with Crippen LogP contribution >= 0.6 is 0 Å². The van der Waals surface area contributed by atoms with Crippen molar-refractivity contribution in [3.63, 3.8) is 0 Å². The van der Waals surface area contributed by atoms with Gasteiger partial charge in [-0.2, -0.15) is 10.2 Å². The van der Waals surface area contributed by atoms with Crippen LogP contribution in [-0.2, 0) is 32.5 Å². The van der Waals surface area contributed by atoms with E-state index in [-0.39, 0.29) is 29.9 Å². The number of anilines is 2. The highest BCUT2D eigenvalue weighted by atomic mass is 28.4. The second-order valence-corrected chi connectivity index (χ2v) is 26.1. The summed E-state index contributed by atoms with van der Waals surface area (Å²) >= 11 is 0. The molecule has 5 aromatic rings. The van der Waals surface area contributed by atoms with Gasteiger partial charge in [0.15, 0.2) is 11.9 Å². The van der Waals surface area contributed by atoms with Crippen molar-refractivity contribution in [1.82, 2.24) is 39.5 Å². The third-order valence-electron chi connectivity index (χ3n) is 14.1. The van der Waals surface area contributed by atoms with Crippen molar-refractivity contribution in [3.8, 4) is 11.4 Å². The zero-order chi connectivity index (χ0) is 46.8. The number of carbonyl (C=O) groups excluding carboxylic acids is 1. The number of pyridine rings is 1. The lowest BCUT2D eigenvalue weighted by molar-refractivity contribution is -0.163. The van der Waals surface area contributed by atoms with Gasteiger partial charge in [-0.05, 0) is 98.2 Å². The summed E-state index contributed by atoms with van der Waals surface area (Å²) in [6.45, 7) is 25.4.